The van der Waals surface area contributed by atoms with Gasteiger partial charge in [-0.15, -0.1) is 68.2 Å². The first-order chi connectivity index (χ1) is 13.5. The smallest absolute Gasteiger partial charge is 0.358 e. The molecule has 0 heterocycles. The fraction of sp³-hybridized carbons (Fsp3) is 0.172. The summed E-state index contributed by atoms with van der Waals surface area (Å²) in [5.74, 6) is 0. The first-order valence-electron chi connectivity index (χ1n) is 9.79. The molecule has 0 aromatic heterocycles. The van der Waals surface area contributed by atoms with Crippen molar-refractivity contribution in [3.63, 3.8) is 0 Å². The quantitative estimate of drug-likeness (QED) is 0.147. The van der Waals surface area contributed by atoms with E-state index >= 15 is 0 Å². The van der Waals surface area contributed by atoms with Crippen LogP contribution < -0.4 is 0 Å². The molecule has 0 nitrogen and oxygen atoms in total. The van der Waals surface area contributed by atoms with E-state index in [0.717, 1.165) is 9.52 Å². The molecule has 0 aliphatic carbocycles. The normalized spacial score (nSPS) is 9.45. The molecule has 0 saturated carbocycles. The van der Waals surface area contributed by atoms with E-state index in [1.807, 2.05) is 0 Å². The second-order valence-electron chi connectivity index (χ2n) is 7.44. The average Bonchev–Trinajstić information content (AvgIpc) is 3.23. The third-order valence-electron chi connectivity index (χ3n) is 4.84. The second-order valence-corrected chi connectivity index (χ2v) is 8.44. The molecule has 31 heavy (non-hydrogen) atoms. The van der Waals surface area contributed by atoms with Crippen LogP contribution in [0.1, 0.15) is 16.7 Å². The van der Waals surface area contributed by atoms with Crippen molar-refractivity contribution in [3.8, 4) is 0 Å². The molecule has 0 fully saturated rings. The number of hydrogen-bond acceptors (Lipinski definition) is 0. The SMILES string of the molecule is C[Si]C.Cc1cc(C)c2cc(C)[cH-]c2c1.[CH3-].[CH3-].[Zr+4].c1ccc2c(c1)[cH-]c1ccccc12. The van der Waals surface area contributed by atoms with Gasteiger partial charge in [-0.3, -0.25) is 0 Å². The first-order valence-corrected chi connectivity index (χ1v) is 11.8. The van der Waals surface area contributed by atoms with E-state index in [-0.39, 0.29) is 41.1 Å². The number of fused-ring (bicyclic) bond motifs is 4. The predicted octanol–water partition coefficient (Wildman–Crippen LogP) is 8.88. The molecule has 2 radical (unpaired) electrons. The Morgan fingerprint density at radius 2 is 1.10 bits per heavy atom. The van der Waals surface area contributed by atoms with Gasteiger partial charge in [-0.05, 0) is 13.8 Å². The molecular weight excluding hydrogens is 468 g/mol. The fourth-order valence-corrected chi connectivity index (χ4v) is 3.75. The van der Waals surface area contributed by atoms with Gasteiger partial charge in [-0.2, -0.15) is 6.07 Å². The third kappa shape index (κ3) is 7.13. The van der Waals surface area contributed by atoms with Crippen LogP contribution in [0.2, 0.25) is 13.1 Å². The van der Waals surface area contributed by atoms with E-state index in [1.165, 1.54) is 49.0 Å². The summed E-state index contributed by atoms with van der Waals surface area (Å²) in [6, 6.07) is 28.3. The molecule has 0 saturated heterocycles. The van der Waals surface area contributed by atoms with Crippen LogP contribution in [0.5, 0.6) is 0 Å². The minimum absolute atomic E-state index is 0. The molecule has 0 unspecified atom stereocenters. The van der Waals surface area contributed by atoms with E-state index in [0.29, 0.717) is 0 Å². The maximum atomic E-state index is 2.25. The minimum Gasteiger partial charge on any atom is -0.358 e. The van der Waals surface area contributed by atoms with E-state index in [2.05, 4.69) is 113 Å². The van der Waals surface area contributed by atoms with Crippen molar-refractivity contribution in [2.75, 3.05) is 0 Å². The summed E-state index contributed by atoms with van der Waals surface area (Å²) in [5, 5.41) is 8.17. The fourth-order valence-electron chi connectivity index (χ4n) is 3.75. The van der Waals surface area contributed by atoms with Gasteiger partial charge in [0.25, 0.3) is 0 Å². The second kappa shape index (κ2) is 13.6. The van der Waals surface area contributed by atoms with E-state index in [1.54, 1.807) is 0 Å². The van der Waals surface area contributed by atoms with Crippen molar-refractivity contribution >= 4 is 41.8 Å². The molecule has 0 spiro atoms. The standard InChI is InChI=1S/C13H9.C12H13.C2H6Si.2CH3.Zr/c1-3-7-12-10(5-1)9-11-6-2-4-8-13(11)12;1-8-4-10(3)12-7-9(2)6-11(12)5-8;1-3-2;;;/h1-9H;4-7H,1-3H3;1-2H3;2*1H3;/q2*-1;;2*-1;+4. The van der Waals surface area contributed by atoms with Gasteiger partial charge in [0, 0.05) is 9.52 Å². The minimum atomic E-state index is 0. The van der Waals surface area contributed by atoms with Gasteiger partial charge in [0.05, 0.1) is 0 Å². The van der Waals surface area contributed by atoms with Gasteiger partial charge < -0.3 is 14.9 Å². The van der Waals surface area contributed by atoms with Gasteiger partial charge in [-0.25, -0.2) is 0 Å². The van der Waals surface area contributed by atoms with Crippen LogP contribution >= 0.6 is 0 Å². The average molecular weight is 502 g/mol. The Hall–Kier alpha value is -1.76. The molecule has 2 heteroatoms. The molecule has 0 aliphatic heterocycles. The zero-order valence-corrected chi connectivity index (χ0v) is 23.5. The Morgan fingerprint density at radius 3 is 1.61 bits per heavy atom. The Morgan fingerprint density at radius 1 is 0.613 bits per heavy atom. The van der Waals surface area contributed by atoms with Crippen LogP contribution in [-0.2, 0) is 26.2 Å². The Kier molecular flexibility index (Phi) is 12.8. The van der Waals surface area contributed by atoms with Gasteiger partial charge in [0.1, 0.15) is 0 Å². The van der Waals surface area contributed by atoms with Gasteiger partial charge in [0.2, 0.25) is 0 Å². The van der Waals surface area contributed by atoms with Crippen LogP contribution in [0, 0.1) is 35.6 Å². The van der Waals surface area contributed by atoms with Crippen LogP contribution in [0.15, 0.2) is 78.9 Å². The van der Waals surface area contributed by atoms with Crippen molar-refractivity contribution in [3.05, 3.63) is 110 Å². The van der Waals surface area contributed by atoms with Crippen LogP contribution in [0.4, 0.5) is 0 Å². The zero-order chi connectivity index (χ0) is 20.1. The zero-order valence-electron chi connectivity index (χ0n) is 20.0. The molecule has 0 bridgehead atoms. The van der Waals surface area contributed by atoms with Gasteiger partial charge in [-0.1, -0.05) is 73.6 Å². The summed E-state index contributed by atoms with van der Waals surface area (Å²) < 4.78 is 0. The molecule has 0 aliphatic rings. The van der Waals surface area contributed by atoms with E-state index < -0.39 is 0 Å². The van der Waals surface area contributed by atoms with Crippen molar-refractivity contribution in [2.45, 2.75) is 33.9 Å². The maximum absolute atomic E-state index is 2.25. The molecule has 0 amide bonds. The molecule has 0 atom stereocenters. The molecule has 5 aromatic rings. The summed E-state index contributed by atoms with van der Waals surface area (Å²) in [6.07, 6.45) is 0. The van der Waals surface area contributed by atoms with Crippen molar-refractivity contribution in [2.24, 2.45) is 0 Å². The van der Waals surface area contributed by atoms with E-state index in [9.17, 15) is 0 Å². The monoisotopic (exact) mass is 500 g/mol. The van der Waals surface area contributed by atoms with Gasteiger partial charge in [0.15, 0.2) is 0 Å². The predicted molar refractivity (Wildman–Crippen MR) is 141 cm³/mol. The number of rotatable bonds is 0. The summed E-state index contributed by atoms with van der Waals surface area (Å²) in [6.45, 7) is 10.8. The topological polar surface area (TPSA) is 0 Å². The summed E-state index contributed by atoms with van der Waals surface area (Å²) in [5.41, 5.74) is 4.10. The maximum Gasteiger partial charge on any atom is 4.00 e. The molecular formula is C29H34SiZr. The number of benzene rings is 3. The van der Waals surface area contributed by atoms with Crippen molar-refractivity contribution in [1.29, 1.82) is 0 Å². The Labute approximate surface area is 211 Å². The molecule has 5 aromatic carbocycles. The molecule has 5 rings (SSSR count). The van der Waals surface area contributed by atoms with E-state index in [4.69, 9.17) is 0 Å². The van der Waals surface area contributed by atoms with Gasteiger partial charge >= 0.3 is 26.2 Å². The Balaban J connectivity index is 0.000000477. The van der Waals surface area contributed by atoms with Crippen LogP contribution in [0.25, 0.3) is 32.3 Å². The number of aryl methyl sites for hydroxylation is 3. The van der Waals surface area contributed by atoms with Crippen molar-refractivity contribution in [1.82, 2.24) is 0 Å². The van der Waals surface area contributed by atoms with Crippen molar-refractivity contribution < 1.29 is 26.2 Å². The Bertz CT molecular complexity index is 1140. The largest absolute Gasteiger partial charge is 4.00 e. The van der Waals surface area contributed by atoms with Crippen LogP contribution in [-0.4, -0.2) is 9.52 Å². The van der Waals surface area contributed by atoms with Crippen LogP contribution in [0.3, 0.4) is 0 Å². The number of hydrogen-bond donors (Lipinski definition) is 0. The summed E-state index contributed by atoms with van der Waals surface area (Å²) >= 11 is 0. The first kappa shape index (κ1) is 29.2. The molecule has 0 N–H and O–H groups in total. The summed E-state index contributed by atoms with van der Waals surface area (Å²) in [4.78, 5) is 0. The summed E-state index contributed by atoms with van der Waals surface area (Å²) in [7, 11) is 1.08. The molecule has 158 valence electrons. The third-order valence-corrected chi connectivity index (χ3v) is 4.84.